The summed E-state index contributed by atoms with van der Waals surface area (Å²) in [6, 6.07) is 4.81. The van der Waals surface area contributed by atoms with E-state index in [1.165, 1.54) is 0 Å². The molecule has 0 aliphatic carbocycles. The van der Waals surface area contributed by atoms with Crippen molar-refractivity contribution >= 4 is 35.1 Å². The molecule has 4 nitrogen and oxygen atoms in total. The standard InChI is InChI=1S/C17H18Cl2O4/c1-3-7-12(4-2)22-15(20)10-6-11-16(21)23-17-13(18)8-5-9-14(17)19/h5,8-9,12H,4,6,10-11H2,1-2H3. The molecule has 1 unspecified atom stereocenters. The van der Waals surface area contributed by atoms with Crippen LogP contribution in [0.3, 0.4) is 0 Å². The molecule has 1 aromatic rings. The van der Waals surface area contributed by atoms with Gasteiger partial charge in [-0.3, -0.25) is 9.59 Å². The van der Waals surface area contributed by atoms with E-state index in [0.29, 0.717) is 12.8 Å². The minimum atomic E-state index is -0.506. The van der Waals surface area contributed by atoms with Crippen molar-refractivity contribution in [3.8, 4) is 17.6 Å². The second-order valence-electron chi connectivity index (χ2n) is 4.66. The molecule has 0 aliphatic heterocycles. The number of hydrogen-bond donors (Lipinski definition) is 0. The van der Waals surface area contributed by atoms with Gasteiger partial charge in [0.1, 0.15) is 0 Å². The van der Waals surface area contributed by atoms with Crippen LogP contribution in [0, 0.1) is 11.8 Å². The number of esters is 2. The summed E-state index contributed by atoms with van der Waals surface area (Å²) in [7, 11) is 0. The molecule has 0 aromatic heterocycles. The molecule has 1 rings (SSSR count). The Morgan fingerprint density at radius 1 is 1.17 bits per heavy atom. The summed E-state index contributed by atoms with van der Waals surface area (Å²) in [6.45, 7) is 3.57. The molecule has 6 heteroatoms. The topological polar surface area (TPSA) is 52.6 Å². The van der Waals surface area contributed by atoms with Gasteiger partial charge in [0.25, 0.3) is 0 Å². The zero-order chi connectivity index (χ0) is 17.2. The number of para-hydroxylation sites is 1. The molecule has 0 aliphatic rings. The van der Waals surface area contributed by atoms with Crippen molar-refractivity contribution in [2.75, 3.05) is 0 Å². The maximum Gasteiger partial charge on any atom is 0.311 e. The average molecular weight is 357 g/mol. The monoisotopic (exact) mass is 356 g/mol. The van der Waals surface area contributed by atoms with Crippen molar-refractivity contribution in [2.45, 2.75) is 45.6 Å². The van der Waals surface area contributed by atoms with Gasteiger partial charge in [0.2, 0.25) is 0 Å². The van der Waals surface area contributed by atoms with Crippen LogP contribution in [0.2, 0.25) is 10.0 Å². The largest absolute Gasteiger partial charge is 0.449 e. The second-order valence-corrected chi connectivity index (χ2v) is 5.47. The molecule has 0 amide bonds. The van der Waals surface area contributed by atoms with Crippen molar-refractivity contribution < 1.29 is 19.1 Å². The maximum atomic E-state index is 11.8. The highest BCUT2D eigenvalue weighted by Gasteiger charge is 2.14. The fraction of sp³-hybridized carbons (Fsp3) is 0.412. The normalized spacial score (nSPS) is 11.1. The van der Waals surface area contributed by atoms with Gasteiger partial charge in [0.15, 0.2) is 11.9 Å². The van der Waals surface area contributed by atoms with Crippen molar-refractivity contribution in [2.24, 2.45) is 0 Å². The van der Waals surface area contributed by atoms with E-state index in [4.69, 9.17) is 32.7 Å². The lowest BCUT2D eigenvalue weighted by Gasteiger charge is -2.10. The Labute approximate surface area is 146 Å². The van der Waals surface area contributed by atoms with Crippen LogP contribution in [0.5, 0.6) is 5.75 Å². The predicted octanol–water partition coefficient (Wildman–Crippen LogP) is 4.41. The van der Waals surface area contributed by atoms with Crippen LogP contribution in [0.25, 0.3) is 0 Å². The van der Waals surface area contributed by atoms with Gasteiger partial charge in [-0.05, 0) is 31.9 Å². The molecule has 23 heavy (non-hydrogen) atoms. The third kappa shape index (κ3) is 6.94. The van der Waals surface area contributed by atoms with E-state index in [9.17, 15) is 9.59 Å². The van der Waals surface area contributed by atoms with E-state index in [-0.39, 0.29) is 34.6 Å². The Kier molecular flexibility index (Phi) is 8.53. The molecule has 0 spiro atoms. The van der Waals surface area contributed by atoms with E-state index in [2.05, 4.69) is 11.8 Å². The fourth-order valence-corrected chi connectivity index (χ4v) is 2.19. The average Bonchev–Trinajstić information content (AvgIpc) is 2.50. The maximum absolute atomic E-state index is 11.8. The lowest BCUT2D eigenvalue weighted by atomic mass is 10.2. The van der Waals surface area contributed by atoms with Gasteiger partial charge in [-0.15, -0.1) is 5.92 Å². The molecular weight excluding hydrogens is 339 g/mol. The Balaban J connectivity index is 2.39. The van der Waals surface area contributed by atoms with E-state index in [1.54, 1.807) is 25.1 Å². The zero-order valence-electron chi connectivity index (χ0n) is 13.0. The van der Waals surface area contributed by atoms with Gasteiger partial charge in [-0.1, -0.05) is 42.1 Å². The highest BCUT2D eigenvalue weighted by atomic mass is 35.5. The highest BCUT2D eigenvalue weighted by molar-refractivity contribution is 6.37. The van der Waals surface area contributed by atoms with Crippen LogP contribution in [-0.4, -0.2) is 18.0 Å². The number of halogens is 2. The van der Waals surface area contributed by atoms with Gasteiger partial charge in [0, 0.05) is 12.8 Å². The third-order valence-corrected chi connectivity index (χ3v) is 3.44. The van der Waals surface area contributed by atoms with Crippen LogP contribution in [0.1, 0.15) is 39.5 Å². The number of rotatable bonds is 7. The van der Waals surface area contributed by atoms with Crippen molar-refractivity contribution in [3.63, 3.8) is 0 Å². The van der Waals surface area contributed by atoms with Gasteiger partial charge in [0.05, 0.1) is 10.0 Å². The first kappa shape index (κ1) is 19.3. The summed E-state index contributed by atoms with van der Waals surface area (Å²) < 4.78 is 10.3. The summed E-state index contributed by atoms with van der Waals surface area (Å²) in [4.78, 5) is 23.4. The molecule has 0 radical (unpaired) electrons. The Morgan fingerprint density at radius 3 is 2.35 bits per heavy atom. The van der Waals surface area contributed by atoms with Gasteiger partial charge >= 0.3 is 11.9 Å². The summed E-state index contributed by atoms with van der Waals surface area (Å²) >= 11 is 11.8. The van der Waals surface area contributed by atoms with Crippen molar-refractivity contribution in [1.82, 2.24) is 0 Å². The molecule has 0 fully saturated rings. The fourth-order valence-electron chi connectivity index (χ4n) is 1.72. The van der Waals surface area contributed by atoms with Crippen LogP contribution < -0.4 is 4.74 Å². The van der Waals surface area contributed by atoms with Gasteiger partial charge in [-0.2, -0.15) is 0 Å². The summed E-state index contributed by atoms with van der Waals surface area (Å²) in [5.41, 5.74) is 0. The third-order valence-electron chi connectivity index (χ3n) is 2.85. The Hall–Kier alpha value is -1.70. The van der Waals surface area contributed by atoms with Crippen molar-refractivity contribution in [3.05, 3.63) is 28.2 Å². The molecule has 0 N–H and O–H groups in total. The second kappa shape index (κ2) is 10.1. The first-order chi connectivity index (χ1) is 11.0. The number of carbonyl (C=O) groups excluding carboxylic acids is 2. The number of benzene rings is 1. The zero-order valence-corrected chi connectivity index (χ0v) is 14.5. The van der Waals surface area contributed by atoms with E-state index >= 15 is 0 Å². The Bertz CT molecular complexity index is 597. The molecule has 1 aromatic carbocycles. The SMILES string of the molecule is CC#CC(CC)OC(=O)CCCC(=O)Oc1c(Cl)cccc1Cl. The lowest BCUT2D eigenvalue weighted by Crippen LogP contribution is -2.16. The molecule has 0 bridgehead atoms. The Morgan fingerprint density at radius 2 is 1.78 bits per heavy atom. The molecule has 124 valence electrons. The summed E-state index contributed by atoms with van der Waals surface area (Å²) in [5, 5.41) is 0.517. The van der Waals surface area contributed by atoms with Crippen LogP contribution >= 0.6 is 23.2 Å². The van der Waals surface area contributed by atoms with Crippen LogP contribution in [0.4, 0.5) is 0 Å². The van der Waals surface area contributed by atoms with Gasteiger partial charge < -0.3 is 9.47 Å². The van der Waals surface area contributed by atoms with Crippen LogP contribution in [0.15, 0.2) is 18.2 Å². The molecule has 0 saturated heterocycles. The lowest BCUT2D eigenvalue weighted by molar-refractivity contribution is -0.146. The number of ether oxygens (including phenoxy) is 2. The van der Waals surface area contributed by atoms with E-state index in [0.717, 1.165) is 0 Å². The predicted molar refractivity (Wildman–Crippen MR) is 89.6 cm³/mol. The minimum absolute atomic E-state index is 0.0624. The minimum Gasteiger partial charge on any atom is -0.449 e. The molecule has 0 heterocycles. The van der Waals surface area contributed by atoms with E-state index < -0.39 is 12.1 Å². The molecule has 0 saturated carbocycles. The van der Waals surface area contributed by atoms with Gasteiger partial charge in [-0.25, -0.2) is 0 Å². The van der Waals surface area contributed by atoms with E-state index in [1.807, 2.05) is 6.92 Å². The van der Waals surface area contributed by atoms with Crippen molar-refractivity contribution in [1.29, 1.82) is 0 Å². The smallest absolute Gasteiger partial charge is 0.311 e. The quantitative estimate of drug-likeness (QED) is 0.412. The summed E-state index contributed by atoms with van der Waals surface area (Å²) in [5.74, 6) is 4.74. The molecular formula is C17H18Cl2O4. The number of carbonyl (C=O) groups is 2. The first-order valence-corrected chi connectivity index (χ1v) is 8.00. The highest BCUT2D eigenvalue weighted by Crippen LogP contribution is 2.32. The molecule has 1 atom stereocenters. The number of hydrogen-bond acceptors (Lipinski definition) is 4. The first-order valence-electron chi connectivity index (χ1n) is 7.24. The van der Waals surface area contributed by atoms with Crippen LogP contribution in [-0.2, 0) is 14.3 Å². The summed E-state index contributed by atoms with van der Waals surface area (Å²) in [6.07, 6.45) is 0.719.